The van der Waals surface area contributed by atoms with Crippen molar-refractivity contribution in [1.82, 2.24) is 10.3 Å². The number of hydrogen-bond acceptors (Lipinski definition) is 5. The van der Waals surface area contributed by atoms with Gasteiger partial charge in [0.2, 0.25) is 5.88 Å². The van der Waals surface area contributed by atoms with Gasteiger partial charge in [0.15, 0.2) is 0 Å². The van der Waals surface area contributed by atoms with Gasteiger partial charge in [0.1, 0.15) is 0 Å². The third-order valence-corrected chi connectivity index (χ3v) is 6.61. The third-order valence-electron chi connectivity index (χ3n) is 6.05. The number of fused-ring (bicyclic) bond motifs is 1. The van der Waals surface area contributed by atoms with Gasteiger partial charge in [-0.3, -0.25) is 4.79 Å². The van der Waals surface area contributed by atoms with Crippen molar-refractivity contribution >= 4 is 29.2 Å². The summed E-state index contributed by atoms with van der Waals surface area (Å²) >= 11 is 12.1. The van der Waals surface area contributed by atoms with Gasteiger partial charge in [0, 0.05) is 28.4 Å². The Balaban J connectivity index is 0.000000279. The molecule has 1 aromatic carbocycles. The average molecular weight is 526 g/mol. The lowest BCUT2D eigenvalue weighted by Gasteiger charge is -2.21. The van der Waals surface area contributed by atoms with Gasteiger partial charge in [0.05, 0.1) is 19.1 Å². The molecule has 0 amide bonds. The number of benzene rings is 1. The maximum Gasteiger partial charge on any atom is 0.311 e. The van der Waals surface area contributed by atoms with Crippen LogP contribution in [0, 0.1) is 0 Å². The van der Waals surface area contributed by atoms with E-state index in [1.807, 2.05) is 0 Å². The Bertz CT molecular complexity index is 911. The fourth-order valence-corrected chi connectivity index (χ4v) is 4.67. The van der Waals surface area contributed by atoms with Crippen LogP contribution < -0.4 is 10.1 Å². The molecular weight excluding hydrogens is 487 g/mol. The first kappa shape index (κ1) is 29.4. The van der Waals surface area contributed by atoms with Crippen LogP contribution in [0.1, 0.15) is 87.3 Å². The van der Waals surface area contributed by atoms with Crippen LogP contribution >= 0.6 is 23.2 Å². The lowest BCUT2D eigenvalue weighted by molar-refractivity contribution is -0.139. The summed E-state index contributed by atoms with van der Waals surface area (Å²) in [4.78, 5) is 14.8. The van der Waals surface area contributed by atoms with Gasteiger partial charge >= 0.3 is 5.97 Å². The standard InChI is InChI=1S/C18H29Cl2NO.C9H9NO3/c1-2-3-4-5-6-7-8-9-10-21-13-17-15(14-22)11-16(19)12-18(17)20;11-9(12)7-3-5-13-8-6(7)2-1-4-10-8/h11-12,21-22H,2-10,13-14H2,1H3;1-2,4,7H,3,5H2,(H,11,12). The molecule has 0 aliphatic carbocycles. The molecule has 3 N–H and O–H groups in total. The predicted octanol–water partition coefficient (Wildman–Crippen LogP) is 6.75. The number of hydrogen-bond donors (Lipinski definition) is 3. The molecule has 0 saturated carbocycles. The first-order valence-electron chi connectivity index (χ1n) is 12.6. The highest BCUT2D eigenvalue weighted by Crippen LogP contribution is 2.31. The number of aliphatic hydroxyl groups is 1. The second-order valence-electron chi connectivity index (χ2n) is 8.76. The molecule has 2 aromatic rings. The molecule has 0 fully saturated rings. The number of halogens is 2. The number of rotatable bonds is 13. The molecule has 0 radical (unpaired) electrons. The number of ether oxygens (including phenoxy) is 1. The number of carboxylic acid groups (broad SMARTS) is 1. The fourth-order valence-electron chi connectivity index (χ4n) is 4.07. The molecule has 1 unspecified atom stereocenters. The molecule has 1 aliphatic heterocycles. The summed E-state index contributed by atoms with van der Waals surface area (Å²) in [5.41, 5.74) is 2.44. The molecule has 0 saturated heterocycles. The molecule has 35 heavy (non-hydrogen) atoms. The van der Waals surface area contributed by atoms with Crippen molar-refractivity contribution in [2.45, 2.75) is 83.8 Å². The van der Waals surface area contributed by atoms with E-state index in [-0.39, 0.29) is 6.61 Å². The summed E-state index contributed by atoms with van der Waals surface area (Å²) in [5.74, 6) is -0.809. The Morgan fingerprint density at radius 1 is 1.14 bits per heavy atom. The van der Waals surface area contributed by atoms with Crippen molar-refractivity contribution < 1.29 is 19.7 Å². The van der Waals surface area contributed by atoms with E-state index < -0.39 is 11.9 Å². The topological polar surface area (TPSA) is 91.7 Å². The summed E-state index contributed by atoms with van der Waals surface area (Å²) < 4.78 is 5.23. The minimum Gasteiger partial charge on any atom is -0.481 e. The average Bonchev–Trinajstić information content (AvgIpc) is 2.85. The predicted molar refractivity (Wildman–Crippen MR) is 141 cm³/mol. The van der Waals surface area contributed by atoms with Crippen LogP contribution in [0.4, 0.5) is 0 Å². The van der Waals surface area contributed by atoms with Gasteiger partial charge in [0.25, 0.3) is 0 Å². The van der Waals surface area contributed by atoms with Gasteiger partial charge in [-0.2, -0.15) is 0 Å². The van der Waals surface area contributed by atoms with Crippen LogP contribution in [0.2, 0.25) is 10.0 Å². The highest BCUT2D eigenvalue weighted by molar-refractivity contribution is 6.35. The lowest BCUT2D eigenvalue weighted by atomic mass is 9.96. The van der Waals surface area contributed by atoms with Gasteiger partial charge in [-0.1, -0.05) is 81.1 Å². The molecule has 1 aliphatic rings. The summed E-state index contributed by atoms with van der Waals surface area (Å²) in [7, 11) is 0. The fraction of sp³-hybridized carbons (Fsp3) is 0.556. The van der Waals surface area contributed by atoms with Gasteiger partial charge in [-0.05, 0) is 48.7 Å². The van der Waals surface area contributed by atoms with Crippen LogP contribution in [0.3, 0.4) is 0 Å². The van der Waals surface area contributed by atoms with Crippen molar-refractivity contribution in [3.63, 3.8) is 0 Å². The van der Waals surface area contributed by atoms with E-state index in [0.717, 1.165) is 17.7 Å². The highest BCUT2D eigenvalue weighted by Gasteiger charge is 2.27. The Hall–Kier alpha value is -1.86. The molecule has 0 bridgehead atoms. The van der Waals surface area contributed by atoms with Gasteiger partial charge in [-0.15, -0.1) is 0 Å². The molecular formula is C27H38Cl2N2O4. The van der Waals surface area contributed by atoms with E-state index in [2.05, 4.69) is 17.2 Å². The van der Waals surface area contributed by atoms with E-state index >= 15 is 0 Å². The molecule has 3 rings (SSSR count). The van der Waals surface area contributed by atoms with E-state index in [1.165, 1.54) is 51.4 Å². The van der Waals surface area contributed by atoms with Crippen LogP contribution in [-0.2, 0) is 17.9 Å². The summed E-state index contributed by atoms with van der Waals surface area (Å²) in [6.45, 7) is 4.32. The number of carboxylic acids is 1. The number of pyridine rings is 1. The second-order valence-corrected chi connectivity index (χ2v) is 9.60. The number of aliphatic hydroxyl groups excluding tert-OH is 1. The van der Waals surface area contributed by atoms with Crippen molar-refractivity contribution in [3.05, 3.63) is 57.2 Å². The van der Waals surface area contributed by atoms with Gasteiger partial charge < -0.3 is 20.3 Å². The van der Waals surface area contributed by atoms with E-state index in [0.29, 0.717) is 41.1 Å². The summed E-state index contributed by atoms with van der Waals surface area (Å²) in [6, 6.07) is 6.99. The number of nitrogens with zero attached hydrogens (tertiary/aromatic N) is 1. The molecule has 8 heteroatoms. The first-order valence-corrected chi connectivity index (χ1v) is 13.3. The Kier molecular flexibility index (Phi) is 14.1. The van der Waals surface area contributed by atoms with E-state index in [1.54, 1.807) is 30.5 Å². The highest BCUT2D eigenvalue weighted by atomic mass is 35.5. The number of carbonyl (C=O) groups is 1. The molecule has 1 aromatic heterocycles. The zero-order valence-corrected chi connectivity index (χ0v) is 22.1. The minimum atomic E-state index is -0.808. The van der Waals surface area contributed by atoms with Crippen molar-refractivity contribution in [2.24, 2.45) is 0 Å². The zero-order valence-electron chi connectivity index (χ0n) is 20.6. The normalized spacial score (nSPS) is 14.5. The number of nitrogens with one attached hydrogen (secondary N) is 1. The smallest absolute Gasteiger partial charge is 0.311 e. The maximum atomic E-state index is 10.8. The monoisotopic (exact) mass is 524 g/mol. The Labute approximate surface area is 219 Å². The maximum absolute atomic E-state index is 10.8. The van der Waals surface area contributed by atoms with Crippen molar-refractivity contribution in [2.75, 3.05) is 13.2 Å². The molecule has 2 heterocycles. The first-order chi connectivity index (χ1) is 17.0. The van der Waals surface area contributed by atoms with E-state index in [4.69, 9.17) is 33.0 Å². The van der Waals surface area contributed by atoms with Crippen molar-refractivity contribution in [1.29, 1.82) is 0 Å². The molecule has 194 valence electrons. The lowest BCUT2D eigenvalue weighted by Crippen LogP contribution is -2.21. The number of unbranched alkanes of at least 4 members (excludes halogenated alkanes) is 7. The largest absolute Gasteiger partial charge is 0.481 e. The van der Waals surface area contributed by atoms with Crippen molar-refractivity contribution in [3.8, 4) is 5.88 Å². The number of aliphatic carboxylic acids is 1. The quantitative estimate of drug-likeness (QED) is 0.251. The second kappa shape index (κ2) is 16.7. The third kappa shape index (κ3) is 10.3. The molecule has 6 nitrogen and oxygen atoms in total. The molecule has 0 spiro atoms. The van der Waals surface area contributed by atoms with Crippen LogP contribution in [0.15, 0.2) is 30.5 Å². The van der Waals surface area contributed by atoms with Crippen LogP contribution in [-0.4, -0.2) is 34.3 Å². The van der Waals surface area contributed by atoms with E-state index in [9.17, 15) is 9.90 Å². The van der Waals surface area contributed by atoms with Gasteiger partial charge in [-0.25, -0.2) is 4.98 Å². The Morgan fingerprint density at radius 2 is 1.86 bits per heavy atom. The SMILES string of the molecule is CCCCCCCCCCNCc1c(Cl)cc(Cl)cc1CO.O=C(O)C1CCOc2ncccc21. The van der Waals surface area contributed by atoms with Crippen LogP contribution in [0.5, 0.6) is 5.88 Å². The summed E-state index contributed by atoms with van der Waals surface area (Å²) in [5, 5.41) is 22.9. The summed E-state index contributed by atoms with van der Waals surface area (Å²) in [6.07, 6.45) is 12.7. The Morgan fingerprint density at radius 3 is 2.54 bits per heavy atom. The molecule has 1 atom stereocenters. The van der Waals surface area contributed by atoms with Crippen LogP contribution in [0.25, 0.3) is 0 Å². The number of aromatic nitrogens is 1. The zero-order chi connectivity index (χ0) is 25.5. The minimum absolute atomic E-state index is 0.0327.